The van der Waals surface area contributed by atoms with Crippen molar-refractivity contribution in [2.75, 3.05) is 19.6 Å². The molecule has 3 rings (SSSR count). The average molecular weight is 351 g/mol. The highest BCUT2D eigenvalue weighted by Gasteiger charge is 2.19. The van der Waals surface area contributed by atoms with E-state index >= 15 is 0 Å². The SMILES string of the molecule is Cc1c(C(=O)NCCC2CCNC2)oc2ccc(Br)cc12. The second-order valence-electron chi connectivity index (χ2n) is 5.60. The fourth-order valence-electron chi connectivity index (χ4n) is 2.84. The maximum absolute atomic E-state index is 12.3. The number of aryl methyl sites for hydroxylation is 1. The molecule has 5 heteroatoms. The summed E-state index contributed by atoms with van der Waals surface area (Å²) in [5.41, 5.74) is 1.65. The lowest BCUT2D eigenvalue weighted by atomic mass is 10.1. The number of fused-ring (bicyclic) bond motifs is 1. The first-order valence-corrected chi connectivity index (χ1v) is 8.12. The molecule has 1 aromatic heterocycles. The van der Waals surface area contributed by atoms with Gasteiger partial charge in [-0.25, -0.2) is 0 Å². The number of carbonyl (C=O) groups is 1. The number of halogens is 1. The molecule has 21 heavy (non-hydrogen) atoms. The molecule has 1 aromatic carbocycles. The summed E-state index contributed by atoms with van der Waals surface area (Å²) in [6.45, 7) is 4.78. The lowest BCUT2D eigenvalue weighted by Gasteiger charge is -2.08. The van der Waals surface area contributed by atoms with Crippen LogP contribution >= 0.6 is 15.9 Å². The van der Waals surface area contributed by atoms with E-state index in [1.54, 1.807) is 0 Å². The molecule has 1 aliphatic heterocycles. The molecule has 2 N–H and O–H groups in total. The molecule has 0 saturated carbocycles. The van der Waals surface area contributed by atoms with Crippen molar-refractivity contribution in [3.63, 3.8) is 0 Å². The summed E-state index contributed by atoms with van der Waals surface area (Å²) < 4.78 is 6.68. The van der Waals surface area contributed by atoms with E-state index in [0.717, 1.165) is 40.5 Å². The van der Waals surface area contributed by atoms with Crippen LogP contribution in [0.25, 0.3) is 11.0 Å². The number of benzene rings is 1. The van der Waals surface area contributed by atoms with Crippen molar-refractivity contribution in [1.82, 2.24) is 10.6 Å². The van der Waals surface area contributed by atoms with E-state index < -0.39 is 0 Å². The van der Waals surface area contributed by atoms with Crippen LogP contribution in [-0.2, 0) is 0 Å². The largest absolute Gasteiger partial charge is 0.451 e. The zero-order valence-electron chi connectivity index (χ0n) is 12.0. The molecule has 1 unspecified atom stereocenters. The number of hydrogen-bond acceptors (Lipinski definition) is 3. The Kier molecular flexibility index (Phi) is 4.31. The van der Waals surface area contributed by atoms with Crippen molar-refractivity contribution < 1.29 is 9.21 Å². The molecule has 1 amide bonds. The smallest absolute Gasteiger partial charge is 0.287 e. The van der Waals surface area contributed by atoms with Crippen molar-refractivity contribution in [3.8, 4) is 0 Å². The standard InChI is InChI=1S/C16H19BrN2O2/c1-10-13-8-12(17)2-3-14(13)21-15(10)16(20)19-7-5-11-4-6-18-9-11/h2-3,8,11,18H,4-7,9H2,1H3,(H,19,20). The minimum Gasteiger partial charge on any atom is -0.451 e. The monoisotopic (exact) mass is 350 g/mol. The van der Waals surface area contributed by atoms with E-state index in [1.807, 2.05) is 25.1 Å². The molecule has 1 atom stereocenters. The van der Waals surface area contributed by atoms with Crippen LogP contribution in [0, 0.1) is 12.8 Å². The normalized spacial score (nSPS) is 18.3. The van der Waals surface area contributed by atoms with Crippen molar-refractivity contribution in [1.29, 1.82) is 0 Å². The molecule has 112 valence electrons. The predicted molar refractivity (Wildman–Crippen MR) is 86.6 cm³/mol. The lowest BCUT2D eigenvalue weighted by molar-refractivity contribution is 0.0925. The summed E-state index contributed by atoms with van der Waals surface area (Å²) >= 11 is 3.44. The maximum Gasteiger partial charge on any atom is 0.287 e. The quantitative estimate of drug-likeness (QED) is 0.889. The number of hydrogen-bond donors (Lipinski definition) is 2. The highest BCUT2D eigenvalue weighted by molar-refractivity contribution is 9.10. The zero-order chi connectivity index (χ0) is 14.8. The first-order valence-electron chi connectivity index (χ1n) is 7.32. The maximum atomic E-state index is 12.3. The van der Waals surface area contributed by atoms with E-state index in [-0.39, 0.29) is 5.91 Å². The van der Waals surface area contributed by atoms with Gasteiger partial charge in [-0.1, -0.05) is 15.9 Å². The lowest BCUT2D eigenvalue weighted by Crippen LogP contribution is -2.26. The number of nitrogens with one attached hydrogen (secondary N) is 2. The highest BCUT2D eigenvalue weighted by Crippen LogP contribution is 2.28. The molecule has 1 fully saturated rings. The Morgan fingerprint density at radius 1 is 1.52 bits per heavy atom. The number of rotatable bonds is 4. The van der Waals surface area contributed by atoms with Crippen molar-refractivity contribution in [2.24, 2.45) is 5.92 Å². The van der Waals surface area contributed by atoms with Crippen molar-refractivity contribution in [2.45, 2.75) is 19.8 Å². The molecule has 1 saturated heterocycles. The van der Waals surface area contributed by atoms with Crippen LogP contribution in [-0.4, -0.2) is 25.5 Å². The van der Waals surface area contributed by atoms with Crippen molar-refractivity contribution >= 4 is 32.8 Å². The average Bonchev–Trinajstić information content (AvgIpc) is 3.08. The zero-order valence-corrected chi connectivity index (χ0v) is 13.6. The third-order valence-electron chi connectivity index (χ3n) is 4.10. The Hall–Kier alpha value is -1.33. The molecular weight excluding hydrogens is 332 g/mol. The summed E-state index contributed by atoms with van der Waals surface area (Å²) in [7, 11) is 0. The van der Waals surface area contributed by atoms with E-state index in [4.69, 9.17) is 4.42 Å². The van der Waals surface area contributed by atoms with Crippen LogP contribution in [0.5, 0.6) is 0 Å². The van der Waals surface area contributed by atoms with Gasteiger partial charge in [0.25, 0.3) is 5.91 Å². The molecule has 1 aliphatic rings. The molecule has 2 heterocycles. The van der Waals surface area contributed by atoms with Gasteiger partial charge in [-0.2, -0.15) is 0 Å². The van der Waals surface area contributed by atoms with Gasteiger partial charge in [0.15, 0.2) is 5.76 Å². The molecule has 4 nitrogen and oxygen atoms in total. The Morgan fingerprint density at radius 3 is 3.14 bits per heavy atom. The topological polar surface area (TPSA) is 54.3 Å². The van der Waals surface area contributed by atoms with E-state index in [0.29, 0.717) is 18.2 Å². The first kappa shape index (κ1) is 14.6. The molecule has 2 aromatic rings. The van der Waals surface area contributed by atoms with Gasteiger partial charge in [-0.15, -0.1) is 0 Å². The van der Waals surface area contributed by atoms with Crippen LogP contribution in [0.4, 0.5) is 0 Å². The van der Waals surface area contributed by atoms with Gasteiger partial charge in [0.1, 0.15) is 5.58 Å². The van der Waals surface area contributed by atoms with Gasteiger partial charge >= 0.3 is 0 Å². The van der Waals surface area contributed by atoms with Gasteiger partial charge in [-0.3, -0.25) is 4.79 Å². The van der Waals surface area contributed by atoms with E-state index in [9.17, 15) is 4.79 Å². The second kappa shape index (κ2) is 6.20. The molecule has 0 spiro atoms. The summed E-state index contributed by atoms with van der Waals surface area (Å²) in [5.74, 6) is 0.983. The molecule has 0 bridgehead atoms. The van der Waals surface area contributed by atoms with E-state index in [2.05, 4.69) is 26.6 Å². The third kappa shape index (κ3) is 3.14. The number of amides is 1. The van der Waals surface area contributed by atoms with Gasteiger partial charge in [0, 0.05) is 22.0 Å². The number of carbonyl (C=O) groups excluding carboxylic acids is 1. The molecular formula is C16H19BrN2O2. The Labute approximate surface area is 132 Å². The van der Waals surface area contributed by atoms with Crippen LogP contribution < -0.4 is 10.6 Å². The molecule has 0 radical (unpaired) electrons. The Bertz CT molecular complexity index is 660. The fourth-order valence-corrected chi connectivity index (χ4v) is 3.20. The summed E-state index contributed by atoms with van der Waals surface area (Å²) in [5, 5.41) is 7.29. The van der Waals surface area contributed by atoms with Gasteiger partial charge in [-0.05, 0) is 57.0 Å². The predicted octanol–water partition coefficient (Wildman–Crippen LogP) is 3.23. The first-order chi connectivity index (χ1) is 10.1. The minimum absolute atomic E-state index is 0.120. The second-order valence-corrected chi connectivity index (χ2v) is 6.52. The molecule has 0 aliphatic carbocycles. The summed E-state index contributed by atoms with van der Waals surface area (Å²) in [4.78, 5) is 12.3. The van der Waals surface area contributed by atoms with Crippen LogP contribution in [0.3, 0.4) is 0 Å². The highest BCUT2D eigenvalue weighted by atomic mass is 79.9. The van der Waals surface area contributed by atoms with Crippen LogP contribution in [0.1, 0.15) is 29.0 Å². The fraction of sp³-hybridized carbons (Fsp3) is 0.438. The van der Waals surface area contributed by atoms with Gasteiger partial charge in [0.2, 0.25) is 0 Å². The van der Waals surface area contributed by atoms with Gasteiger partial charge < -0.3 is 15.1 Å². The minimum atomic E-state index is -0.120. The van der Waals surface area contributed by atoms with Crippen molar-refractivity contribution in [3.05, 3.63) is 34.0 Å². The summed E-state index contributed by atoms with van der Waals surface area (Å²) in [6.07, 6.45) is 2.22. The Morgan fingerprint density at radius 2 is 2.38 bits per heavy atom. The summed E-state index contributed by atoms with van der Waals surface area (Å²) in [6, 6.07) is 5.78. The van der Waals surface area contributed by atoms with E-state index in [1.165, 1.54) is 6.42 Å². The van der Waals surface area contributed by atoms with Crippen LogP contribution in [0.15, 0.2) is 27.1 Å². The van der Waals surface area contributed by atoms with Crippen LogP contribution in [0.2, 0.25) is 0 Å². The number of furan rings is 1. The third-order valence-corrected chi connectivity index (χ3v) is 4.60. The Balaban J connectivity index is 1.67. The van der Waals surface area contributed by atoms with Gasteiger partial charge in [0.05, 0.1) is 0 Å².